The van der Waals surface area contributed by atoms with Crippen molar-refractivity contribution in [2.24, 2.45) is 7.05 Å². The molecule has 0 aliphatic heterocycles. The molecule has 0 bridgehead atoms. The van der Waals surface area contributed by atoms with Crippen LogP contribution in [0.3, 0.4) is 0 Å². The first-order chi connectivity index (χ1) is 12.5. The number of aryl methyl sites for hydroxylation is 2. The first-order valence-corrected chi connectivity index (χ1v) is 9.10. The molecule has 1 aliphatic carbocycles. The fourth-order valence-electron chi connectivity index (χ4n) is 3.33. The Balaban J connectivity index is 0.000000948. The number of nitrogens with zero attached hydrogens (tertiary/aromatic N) is 4. The fourth-order valence-corrected chi connectivity index (χ4v) is 3.33. The molecule has 3 aromatic rings. The second kappa shape index (κ2) is 7.02. The summed E-state index contributed by atoms with van der Waals surface area (Å²) in [7, 11) is 1.71. The Hall–Kier alpha value is -2.50. The molecule has 138 valence electrons. The highest BCUT2D eigenvalue weighted by molar-refractivity contribution is 5.50. The lowest BCUT2D eigenvalue weighted by Gasteiger charge is -2.13. The molecular weight excluding hydrogens is 331 g/mol. The van der Waals surface area contributed by atoms with Gasteiger partial charge in [0.05, 0.1) is 11.1 Å². The summed E-state index contributed by atoms with van der Waals surface area (Å²) in [6.07, 6.45) is 0.915. The zero-order valence-corrected chi connectivity index (χ0v) is 16.0. The molecule has 0 N–H and O–H groups in total. The molecule has 1 fully saturated rings. The maximum Gasteiger partial charge on any atom is 0.278 e. The molecule has 1 aromatic carbocycles. The maximum atomic E-state index is 13.6. The molecule has 6 heteroatoms. The molecule has 0 radical (unpaired) electrons. The Kier molecular flexibility index (Phi) is 4.94. The van der Waals surface area contributed by atoms with Gasteiger partial charge >= 0.3 is 0 Å². The van der Waals surface area contributed by atoms with Crippen molar-refractivity contribution in [3.8, 4) is 11.6 Å². The smallest absolute Gasteiger partial charge is 0.278 e. The quantitative estimate of drug-likeness (QED) is 0.666. The van der Waals surface area contributed by atoms with Crippen molar-refractivity contribution in [3.05, 3.63) is 53.0 Å². The van der Waals surface area contributed by atoms with Gasteiger partial charge in [-0.05, 0) is 43.9 Å². The minimum absolute atomic E-state index is 0.155. The van der Waals surface area contributed by atoms with E-state index in [0.29, 0.717) is 23.1 Å². The van der Waals surface area contributed by atoms with Crippen molar-refractivity contribution >= 4 is 0 Å². The first-order valence-electron chi connectivity index (χ1n) is 9.10. The average Bonchev–Trinajstić information content (AvgIpc) is 3.10. The Morgan fingerprint density at radius 3 is 2.50 bits per heavy atom. The lowest BCUT2D eigenvalue weighted by molar-refractivity contribution is 0.353. The van der Waals surface area contributed by atoms with Crippen LogP contribution in [-0.2, 0) is 12.5 Å². The molecule has 0 saturated heterocycles. The number of alkyl halides is 1. The lowest BCUT2D eigenvalue weighted by Crippen LogP contribution is -2.12. The van der Waals surface area contributed by atoms with Crippen LogP contribution in [0.15, 0.2) is 34.9 Å². The predicted octanol–water partition coefficient (Wildman–Crippen LogP) is 4.92. The van der Waals surface area contributed by atoms with Gasteiger partial charge in [-0.25, -0.2) is 4.39 Å². The zero-order chi connectivity index (χ0) is 18.9. The monoisotopic (exact) mass is 356 g/mol. The lowest BCUT2D eigenvalue weighted by atomic mass is 9.91. The van der Waals surface area contributed by atoms with Crippen molar-refractivity contribution in [2.45, 2.75) is 52.1 Å². The van der Waals surface area contributed by atoms with Crippen LogP contribution in [0.1, 0.15) is 62.4 Å². The van der Waals surface area contributed by atoms with Gasteiger partial charge in [0.2, 0.25) is 0 Å². The van der Waals surface area contributed by atoms with Gasteiger partial charge in [0.1, 0.15) is 6.17 Å². The Morgan fingerprint density at radius 1 is 1.23 bits per heavy atom. The molecule has 5 nitrogen and oxygen atoms in total. The first kappa shape index (κ1) is 18.3. The van der Waals surface area contributed by atoms with Crippen LogP contribution in [0, 0.1) is 6.92 Å². The molecule has 26 heavy (non-hydrogen) atoms. The molecule has 4 rings (SSSR count). The van der Waals surface area contributed by atoms with Gasteiger partial charge < -0.3 is 4.52 Å². The van der Waals surface area contributed by atoms with Crippen LogP contribution >= 0.6 is 0 Å². The summed E-state index contributed by atoms with van der Waals surface area (Å²) < 4.78 is 20.5. The predicted molar refractivity (Wildman–Crippen MR) is 98.6 cm³/mol. The second-order valence-electron chi connectivity index (χ2n) is 6.51. The highest BCUT2D eigenvalue weighted by atomic mass is 19.1. The molecule has 0 amide bonds. The summed E-state index contributed by atoms with van der Waals surface area (Å²) in [5.41, 5.74) is 3.32. The zero-order valence-electron chi connectivity index (χ0n) is 16.0. The van der Waals surface area contributed by atoms with Crippen LogP contribution in [0.25, 0.3) is 11.6 Å². The van der Waals surface area contributed by atoms with Crippen molar-refractivity contribution in [1.29, 1.82) is 0 Å². The molecule has 1 saturated carbocycles. The van der Waals surface area contributed by atoms with E-state index in [1.54, 1.807) is 13.1 Å². The Bertz CT molecular complexity index is 893. The summed E-state index contributed by atoms with van der Waals surface area (Å²) in [4.78, 5) is 4.57. The van der Waals surface area contributed by atoms with Gasteiger partial charge in [-0.15, -0.1) is 0 Å². The highest BCUT2D eigenvalue weighted by Gasteiger charge is 2.50. The number of hydrogen-bond acceptors (Lipinski definition) is 4. The van der Waals surface area contributed by atoms with E-state index >= 15 is 0 Å². The molecule has 1 aliphatic rings. The number of hydrogen-bond donors (Lipinski definition) is 0. The highest BCUT2D eigenvalue weighted by Crippen LogP contribution is 2.53. The Labute approximate surface area is 153 Å². The van der Waals surface area contributed by atoms with Gasteiger partial charge in [-0.1, -0.05) is 43.3 Å². The molecule has 2 aromatic heterocycles. The summed E-state index contributed by atoms with van der Waals surface area (Å²) >= 11 is 0. The van der Waals surface area contributed by atoms with Crippen LogP contribution < -0.4 is 0 Å². The minimum atomic E-state index is -1.10. The maximum absolute atomic E-state index is 13.6. The van der Waals surface area contributed by atoms with E-state index in [0.717, 1.165) is 12.8 Å². The van der Waals surface area contributed by atoms with E-state index < -0.39 is 6.17 Å². The summed E-state index contributed by atoms with van der Waals surface area (Å²) in [6.45, 7) is 7.58. The standard InChI is InChI=1S/C18H19FN4O.C2H6/c1-11-6-4-5-7-13(11)18(8-9-18)17-20-16(24-22-17)14-10-15(12(2)19)23(3)21-14;1-2/h4-7,10,12H,8-9H2,1-3H3;1-2H3. The van der Waals surface area contributed by atoms with Gasteiger partial charge in [-0.3, -0.25) is 4.68 Å². The van der Waals surface area contributed by atoms with E-state index in [-0.39, 0.29) is 5.41 Å². The summed E-state index contributed by atoms with van der Waals surface area (Å²) in [5, 5.41) is 8.49. The topological polar surface area (TPSA) is 56.7 Å². The van der Waals surface area contributed by atoms with Gasteiger partial charge in [-0.2, -0.15) is 10.1 Å². The molecule has 1 atom stereocenters. The fraction of sp³-hybridized carbons (Fsp3) is 0.450. The third-order valence-corrected chi connectivity index (χ3v) is 4.81. The molecule has 0 spiro atoms. The van der Waals surface area contributed by atoms with Crippen LogP contribution in [0.2, 0.25) is 0 Å². The molecule has 1 unspecified atom stereocenters. The summed E-state index contributed by atoms with van der Waals surface area (Å²) in [6, 6.07) is 9.96. The normalized spacial score (nSPS) is 15.9. The van der Waals surface area contributed by atoms with Crippen molar-refractivity contribution in [1.82, 2.24) is 19.9 Å². The van der Waals surface area contributed by atoms with Crippen LogP contribution in [0.5, 0.6) is 0 Å². The third kappa shape index (κ3) is 3.04. The van der Waals surface area contributed by atoms with Crippen LogP contribution in [0.4, 0.5) is 4.39 Å². The van der Waals surface area contributed by atoms with E-state index in [1.165, 1.54) is 22.7 Å². The number of rotatable bonds is 4. The molecule has 2 heterocycles. The Morgan fingerprint density at radius 2 is 1.92 bits per heavy atom. The molecular formula is C20H25FN4O. The van der Waals surface area contributed by atoms with E-state index in [1.807, 2.05) is 26.0 Å². The van der Waals surface area contributed by atoms with E-state index in [2.05, 4.69) is 34.3 Å². The largest absolute Gasteiger partial charge is 0.332 e. The van der Waals surface area contributed by atoms with Gasteiger partial charge in [0.25, 0.3) is 5.89 Å². The number of aromatic nitrogens is 4. The van der Waals surface area contributed by atoms with Gasteiger partial charge in [0.15, 0.2) is 11.5 Å². The van der Waals surface area contributed by atoms with Crippen molar-refractivity contribution in [3.63, 3.8) is 0 Å². The van der Waals surface area contributed by atoms with Gasteiger partial charge in [0, 0.05) is 7.05 Å². The van der Waals surface area contributed by atoms with E-state index in [4.69, 9.17) is 4.52 Å². The SMILES string of the molecule is CC.Cc1ccccc1C1(c2noc(-c3cc(C(C)F)n(C)n3)n2)CC1. The summed E-state index contributed by atoms with van der Waals surface area (Å²) in [5.74, 6) is 1.03. The van der Waals surface area contributed by atoms with E-state index in [9.17, 15) is 4.39 Å². The number of halogens is 1. The third-order valence-electron chi connectivity index (χ3n) is 4.81. The second-order valence-corrected chi connectivity index (χ2v) is 6.51. The van der Waals surface area contributed by atoms with Crippen LogP contribution in [-0.4, -0.2) is 19.9 Å². The number of benzene rings is 1. The minimum Gasteiger partial charge on any atom is -0.332 e. The van der Waals surface area contributed by atoms with Crippen molar-refractivity contribution in [2.75, 3.05) is 0 Å². The van der Waals surface area contributed by atoms with Crippen molar-refractivity contribution < 1.29 is 8.91 Å². The average molecular weight is 356 g/mol.